The molecule has 0 bridgehead atoms. The second kappa shape index (κ2) is 8.43. The molecule has 0 heterocycles. The quantitative estimate of drug-likeness (QED) is 0.345. The van der Waals surface area contributed by atoms with Crippen molar-refractivity contribution in [1.29, 1.82) is 0 Å². The zero-order chi connectivity index (χ0) is 18.4. The Kier molecular flexibility index (Phi) is 6.89. The SMILES string of the molecule is CC(=O)Oc1c(C)c(C)c(OC(C)=O)c(CCC(C)=CC=O)c1C. The standard InChI is InChI=1S/C19H24O5/c1-11(9-10-20)7-8-17-14(4)18(23-15(5)21)12(2)13(3)19(17)24-16(6)22/h9-10H,7-8H2,1-6H3. The van der Waals surface area contributed by atoms with E-state index in [0.717, 1.165) is 34.1 Å². The maximum Gasteiger partial charge on any atom is 0.308 e. The number of aldehydes is 1. The fourth-order valence-corrected chi connectivity index (χ4v) is 2.56. The van der Waals surface area contributed by atoms with Crippen LogP contribution < -0.4 is 9.47 Å². The minimum atomic E-state index is -0.404. The number of esters is 2. The molecule has 0 saturated carbocycles. The predicted octanol–water partition coefficient (Wildman–Crippen LogP) is 3.54. The van der Waals surface area contributed by atoms with Crippen molar-refractivity contribution in [3.8, 4) is 11.5 Å². The van der Waals surface area contributed by atoms with Crippen LogP contribution in [0.1, 0.15) is 49.4 Å². The second-order valence-corrected chi connectivity index (χ2v) is 5.85. The van der Waals surface area contributed by atoms with E-state index in [1.807, 2.05) is 27.7 Å². The number of benzene rings is 1. The van der Waals surface area contributed by atoms with E-state index in [9.17, 15) is 14.4 Å². The fourth-order valence-electron chi connectivity index (χ4n) is 2.56. The first-order chi connectivity index (χ1) is 11.2. The third-order valence-corrected chi connectivity index (χ3v) is 3.92. The number of allylic oxidation sites excluding steroid dienone is 2. The summed E-state index contributed by atoms with van der Waals surface area (Å²) in [6.07, 6.45) is 3.46. The molecule has 0 unspecified atom stereocenters. The van der Waals surface area contributed by atoms with Crippen molar-refractivity contribution in [3.05, 3.63) is 33.9 Å². The molecule has 1 rings (SSSR count). The van der Waals surface area contributed by atoms with Gasteiger partial charge in [-0.25, -0.2) is 0 Å². The Balaban J connectivity index is 3.46. The van der Waals surface area contributed by atoms with Crippen molar-refractivity contribution in [3.63, 3.8) is 0 Å². The molecule has 0 fully saturated rings. The number of carbonyl (C=O) groups is 3. The van der Waals surface area contributed by atoms with Crippen LogP contribution in [0, 0.1) is 20.8 Å². The molecule has 0 spiro atoms. The smallest absolute Gasteiger partial charge is 0.308 e. The molecule has 5 heteroatoms. The number of carbonyl (C=O) groups excluding carboxylic acids is 3. The van der Waals surface area contributed by atoms with Gasteiger partial charge < -0.3 is 9.47 Å². The summed E-state index contributed by atoms with van der Waals surface area (Å²) in [5.41, 5.74) is 4.03. The highest BCUT2D eigenvalue weighted by atomic mass is 16.5. The molecule has 130 valence electrons. The highest BCUT2D eigenvalue weighted by Gasteiger charge is 2.21. The molecular weight excluding hydrogens is 308 g/mol. The van der Waals surface area contributed by atoms with Gasteiger partial charge in [0, 0.05) is 19.4 Å². The summed E-state index contributed by atoms with van der Waals surface area (Å²) in [4.78, 5) is 33.5. The van der Waals surface area contributed by atoms with Crippen LogP contribution in [0.4, 0.5) is 0 Å². The first-order valence-corrected chi connectivity index (χ1v) is 7.79. The maximum atomic E-state index is 11.5. The van der Waals surface area contributed by atoms with E-state index in [4.69, 9.17) is 9.47 Å². The fraction of sp³-hybridized carbons (Fsp3) is 0.421. The van der Waals surface area contributed by atoms with Gasteiger partial charge in [-0.2, -0.15) is 0 Å². The minimum Gasteiger partial charge on any atom is -0.426 e. The van der Waals surface area contributed by atoms with Crippen LogP contribution in [0.15, 0.2) is 11.6 Å². The van der Waals surface area contributed by atoms with Crippen LogP contribution >= 0.6 is 0 Å². The van der Waals surface area contributed by atoms with E-state index >= 15 is 0 Å². The molecule has 0 aliphatic heterocycles. The highest BCUT2D eigenvalue weighted by molar-refractivity contribution is 5.74. The largest absolute Gasteiger partial charge is 0.426 e. The lowest BCUT2D eigenvalue weighted by atomic mass is 9.93. The van der Waals surface area contributed by atoms with Gasteiger partial charge in [-0.15, -0.1) is 0 Å². The average molecular weight is 332 g/mol. The Bertz CT molecular complexity index is 698. The lowest BCUT2D eigenvalue weighted by molar-refractivity contribution is -0.133. The van der Waals surface area contributed by atoms with Crippen LogP contribution in [0.2, 0.25) is 0 Å². The molecule has 0 saturated heterocycles. The molecule has 1 aromatic carbocycles. The van der Waals surface area contributed by atoms with Crippen molar-refractivity contribution in [2.24, 2.45) is 0 Å². The Hall–Kier alpha value is -2.43. The summed E-state index contributed by atoms with van der Waals surface area (Å²) >= 11 is 0. The van der Waals surface area contributed by atoms with Crippen molar-refractivity contribution in [2.75, 3.05) is 0 Å². The van der Waals surface area contributed by atoms with Crippen molar-refractivity contribution in [1.82, 2.24) is 0 Å². The second-order valence-electron chi connectivity index (χ2n) is 5.85. The average Bonchev–Trinajstić information content (AvgIpc) is 2.48. The number of hydrogen-bond acceptors (Lipinski definition) is 5. The van der Waals surface area contributed by atoms with Gasteiger partial charge in [0.1, 0.15) is 17.8 Å². The van der Waals surface area contributed by atoms with E-state index in [1.54, 1.807) is 0 Å². The summed E-state index contributed by atoms with van der Waals surface area (Å²) in [7, 11) is 0. The van der Waals surface area contributed by atoms with Crippen LogP contribution in [-0.2, 0) is 20.8 Å². The zero-order valence-electron chi connectivity index (χ0n) is 15.1. The molecule has 0 atom stereocenters. The minimum absolute atomic E-state index is 0.399. The molecule has 5 nitrogen and oxygen atoms in total. The molecule has 1 aromatic rings. The van der Waals surface area contributed by atoms with Gasteiger partial charge in [-0.1, -0.05) is 5.57 Å². The molecule has 0 aliphatic carbocycles. The van der Waals surface area contributed by atoms with Crippen LogP contribution in [0.25, 0.3) is 0 Å². The molecule has 0 aliphatic rings. The number of hydrogen-bond donors (Lipinski definition) is 0. The predicted molar refractivity (Wildman–Crippen MR) is 91.4 cm³/mol. The Morgan fingerprint density at radius 1 is 0.875 bits per heavy atom. The van der Waals surface area contributed by atoms with Gasteiger partial charge in [-0.3, -0.25) is 14.4 Å². The van der Waals surface area contributed by atoms with Crippen LogP contribution in [-0.4, -0.2) is 18.2 Å². The zero-order valence-corrected chi connectivity index (χ0v) is 15.1. The topological polar surface area (TPSA) is 69.7 Å². The van der Waals surface area contributed by atoms with E-state index in [1.165, 1.54) is 19.9 Å². The first-order valence-electron chi connectivity index (χ1n) is 7.79. The van der Waals surface area contributed by atoms with Crippen molar-refractivity contribution >= 4 is 18.2 Å². The molecule has 0 amide bonds. The monoisotopic (exact) mass is 332 g/mol. The maximum absolute atomic E-state index is 11.5. The summed E-state index contributed by atoms with van der Waals surface area (Å²) in [5.74, 6) is 0.206. The Morgan fingerprint density at radius 2 is 1.38 bits per heavy atom. The van der Waals surface area contributed by atoms with Gasteiger partial charge >= 0.3 is 11.9 Å². The summed E-state index contributed by atoms with van der Waals surface area (Å²) in [6, 6.07) is 0. The van der Waals surface area contributed by atoms with E-state index in [-0.39, 0.29) is 0 Å². The lowest BCUT2D eigenvalue weighted by Crippen LogP contribution is -2.12. The van der Waals surface area contributed by atoms with Crippen molar-refractivity contribution < 1.29 is 23.9 Å². The summed E-state index contributed by atoms with van der Waals surface area (Å²) in [5, 5.41) is 0. The van der Waals surface area contributed by atoms with Gasteiger partial charge in [0.25, 0.3) is 0 Å². The van der Waals surface area contributed by atoms with Gasteiger partial charge in [0.15, 0.2) is 0 Å². The van der Waals surface area contributed by atoms with E-state index in [0.29, 0.717) is 24.3 Å². The Labute approximate surface area is 142 Å². The molecule has 0 radical (unpaired) electrons. The normalized spacial score (nSPS) is 11.2. The van der Waals surface area contributed by atoms with Crippen molar-refractivity contribution in [2.45, 2.75) is 54.4 Å². The van der Waals surface area contributed by atoms with Gasteiger partial charge in [-0.05, 0) is 63.3 Å². The third kappa shape index (κ3) is 4.78. The molecule has 0 aromatic heterocycles. The van der Waals surface area contributed by atoms with E-state index in [2.05, 4.69) is 0 Å². The summed E-state index contributed by atoms with van der Waals surface area (Å²) in [6.45, 7) is 10.1. The van der Waals surface area contributed by atoms with Crippen LogP contribution in [0.5, 0.6) is 11.5 Å². The van der Waals surface area contributed by atoms with Gasteiger partial charge in [0.2, 0.25) is 0 Å². The molecule has 24 heavy (non-hydrogen) atoms. The highest BCUT2D eigenvalue weighted by Crippen LogP contribution is 2.39. The molecule has 0 N–H and O–H groups in total. The van der Waals surface area contributed by atoms with E-state index < -0.39 is 11.9 Å². The lowest BCUT2D eigenvalue weighted by Gasteiger charge is -2.21. The Morgan fingerprint density at radius 3 is 1.88 bits per heavy atom. The number of rotatable bonds is 6. The van der Waals surface area contributed by atoms with Gasteiger partial charge in [0.05, 0.1) is 0 Å². The summed E-state index contributed by atoms with van der Waals surface area (Å²) < 4.78 is 10.8. The third-order valence-electron chi connectivity index (χ3n) is 3.92. The molecular formula is C19H24O5. The number of ether oxygens (including phenoxy) is 2. The first kappa shape index (κ1) is 19.6. The van der Waals surface area contributed by atoms with Crippen LogP contribution in [0.3, 0.4) is 0 Å².